The molecule has 4 nitrogen and oxygen atoms in total. The highest BCUT2D eigenvalue weighted by atomic mass is 16.4. The van der Waals surface area contributed by atoms with Crippen molar-refractivity contribution < 1.29 is 20.1 Å². The van der Waals surface area contributed by atoms with Crippen LogP contribution < -0.4 is 0 Å². The Morgan fingerprint density at radius 2 is 1.64 bits per heavy atom. The summed E-state index contributed by atoms with van der Waals surface area (Å²) in [6.45, 7) is 2.22. The maximum atomic E-state index is 10.4. The molecular weight excluding hydrogens is 280 g/mol. The van der Waals surface area contributed by atoms with Crippen LogP contribution >= 0.6 is 0 Å². The number of unbranched alkanes of at least 4 members (excludes halogenated alkanes) is 6. The van der Waals surface area contributed by atoms with Gasteiger partial charge in [-0.05, 0) is 38.5 Å². The standard InChI is InChI=1S/C18H34O4/c1-2-3-4-5-6-7-8-9-11-16(19)14-15-17(20)12-10-13-18(21)22/h9,11,16-17,19-20H,2-8,10,12-15H2,1H3,(H,21,22)/b11-9-. The topological polar surface area (TPSA) is 77.8 Å². The minimum atomic E-state index is -0.829. The van der Waals surface area contributed by atoms with Gasteiger partial charge in [-0.25, -0.2) is 0 Å². The number of aliphatic carboxylic acids is 1. The Morgan fingerprint density at radius 3 is 2.32 bits per heavy atom. The maximum absolute atomic E-state index is 10.4. The SMILES string of the molecule is CCCCCCCC/C=C\C(O)CCC(O)CCCC(=O)O. The summed E-state index contributed by atoms with van der Waals surface area (Å²) in [4.78, 5) is 10.4. The lowest BCUT2D eigenvalue weighted by Gasteiger charge is -2.11. The van der Waals surface area contributed by atoms with Crippen molar-refractivity contribution in [3.8, 4) is 0 Å². The van der Waals surface area contributed by atoms with Gasteiger partial charge in [0.1, 0.15) is 0 Å². The first-order valence-electron chi connectivity index (χ1n) is 8.80. The van der Waals surface area contributed by atoms with Gasteiger partial charge in [0.15, 0.2) is 0 Å². The zero-order chi connectivity index (χ0) is 16.6. The largest absolute Gasteiger partial charge is 0.481 e. The van der Waals surface area contributed by atoms with E-state index in [1.54, 1.807) is 0 Å². The van der Waals surface area contributed by atoms with E-state index < -0.39 is 18.2 Å². The number of carbonyl (C=O) groups is 1. The molecule has 0 fully saturated rings. The second-order valence-corrected chi connectivity index (χ2v) is 6.07. The van der Waals surface area contributed by atoms with E-state index in [9.17, 15) is 15.0 Å². The van der Waals surface area contributed by atoms with E-state index in [1.807, 2.05) is 12.2 Å². The third-order valence-corrected chi connectivity index (χ3v) is 3.81. The molecule has 0 rings (SSSR count). The Labute approximate surface area is 135 Å². The molecule has 2 unspecified atom stereocenters. The van der Waals surface area contributed by atoms with Crippen molar-refractivity contribution in [1.29, 1.82) is 0 Å². The summed E-state index contributed by atoms with van der Waals surface area (Å²) < 4.78 is 0. The molecule has 0 aliphatic rings. The van der Waals surface area contributed by atoms with Gasteiger partial charge in [-0.1, -0.05) is 51.2 Å². The van der Waals surface area contributed by atoms with Crippen molar-refractivity contribution in [3.05, 3.63) is 12.2 Å². The van der Waals surface area contributed by atoms with E-state index >= 15 is 0 Å². The van der Waals surface area contributed by atoms with Gasteiger partial charge in [-0.15, -0.1) is 0 Å². The van der Waals surface area contributed by atoms with Crippen LogP contribution in [0.2, 0.25) is 0 Å². The number of aliphatic hydroxyl groups excluding tert-OH is 2. The van der Waals surface area contributed by atoms with Crippen molar-refractivity contribution in [2.75, 3.05) is 0 Å². The Balaban J connectivity index is 3.49. The quantitative estimate of drug-likeness (QED) is 0.315. The lowest BCUT2D eigenvalue weighted by Crippen LogP contribution is -2.12. The second-order valence-electron chi connectivity index (χ2n) is 6.07. The van der Waals surface area contributed by atoms with Crippen LogP contribution in [0.25, 0.3) is 0 Å². The van der Waals surface area contributed by atoms with Crippen LogP contribution in [0.4, 0.5) is 0 Å². The molecule has 0 aromatic carbocycles. The lowest BCUT2D eigenvalue weighted by molar-refractivity contribution is -0.137. The number of rotatable bonds is 15. The molecule has 0 saturated carbocycles. The summed E-state index contributed by atoms with van der Waals surface area (Å²) in [7, 11) is 0. The molecule has 0 spiro atoms. The van der Waals surface area contributed by atoms with Crippen LogP contribution in [-0.2, 0) is 4.79 Å². The fourth-order valence-corrected chi connectivity index (χ4v) is 2.39. The average molecular weight is 314 g/mol. The van der Waals surface area contributed by atoms with Crippen molar-refractivity contribution in [2.45, 2.75) is 96.2 Å². The molecule has 0 heterocycles. The molecule has 0 aliphatic heterocycles. The third kappa shape index (κ3) is 15.5. The molecule has 3 N–H and O–H groups in total. The summed E-state index contributed by atoms with van der Waals surface area (Å²) in [5.41, 5.74) is 0. The smallest absolute Gasteiger partial charge is 0.303 e. The molecule has 130 valence electrons. The molecule has 0 aromatic heterocycles. The number of carboxylic acid groups (broad SMARTS) is 1. The van der Waals surface area contributed by atoms with E-state index in [2.05, 4.69) is 6.92 Å². The van der Waals surface area contributed by atoms with Crippen LogP contribution in [0.15, 0.2) is 12.2 Å². The molecular formula is C18H34O4. The number of aliphatic hydroxyl groups is 2. The molecule has 0 aromatic rings. The highest BCUT2D eigenvalue weighted by Crippen LogP contribution is 2.11. The van der Waals surface area contributed by atoms with Gasteiger partial charge >= 0.3 is 5.97 Å². The zero-order valence-corrected chi connectivity index (χ0v) is 14.0. The van der Waals surface area contributed by atoms with Gasteiger partial charge in [0.2, 0.25) is 0 Å². The first kappa shape index (κ1) is 21.1. The monoisotopic (exact) mass is 314 g/mol. The van der Waals surface area contributed by atoms with Gasteiger partial charge in [-0.2, -0.15) is 0 Å². The summed E-state index contributed by atoms with van der Waals surface area (Å²) in [6.07, 6.45) is 13.6. The van der Waals surface area contributed by atoms with E-state index in [0.717, 1.165) is 6.42 Å². The minimum Gasteiger partial charge on any atom is -0.481 e. The van der Waals surface area contributed by atoms with Gasteiger partial charge in [-0.3, -0.25) is 4.79 Å². The van der Waals surface area contributed by atoms with E-state index in [-0.39, 0.29) is 6.42 Å². The molecule has 0 amide bonds. The van der Waals surface area contributed by atoms with Gasteiger partial charge in [0.25, 0.3) is 0 Å². The minimum absolute atomic E-state index is 0.0950. The molecule has 2 atom stereocenters. The van der Waals surface area contributed by atoms with Gasteiger partial charge in [0.05, 0.1) is 12.2 Å². The summed E-state index contributed by atoms with van der Waals surface area (Å²) in [5.74, 6) is -0.829. The molecule has 4 heteroatoms. The average Bonchev–Trinajstić information content (AvgIpc) is 2.47. The van der Waals surface area contributed by atoms with Crippen molar-refractivity contribution >= 4 is 5.97 Å². The van der Waals surface area contributed by atoms with Crippen LogP contribution in [0.1, 0.15) is 84.0 Å². The molecule has 0 radical (unpaired) electrons. The predicted octanol–water partition coefficient (Wildman–Crippen LogP) is 4.05. The lowest BCUT2D eigenvalue weighted by atomic mass is 10.0. The van der Waals surface area contributed by atoms with Crippen LogP contribution in [-0.4, -0.2) is 33.5 Å². The van der Waals surface area contributed by atoms with Gasteiger partial charge < -0.3 is 15.3 Å². The Hall–Kier alpha value is -0.870. The van der Waals surface area contributed by atoms with Crippen molar-refractivity contribution in [1.82, 2.24) is 0 Å². The molecule has 0 bridgehead atoms. The Kier molecular flexibility index (Phi) is 14.4. The summed E-state index contributed by atoms with van der Waals surface area (Å²) >= 11 is 0. The van der Waals surface area contributed by atoms with Crippen LogP contribution in [0.3, 0.4) is 0 Å². The highest BCUT2D eigenvalue weighted by molar-refractivity contribution is 5.66. The number of carboxylic acids is 1. The van der Waals surface area contributed by atoms with Crippen LogP contribution in [0, 0.1) is 0 Å². The zero-order valence-electron chi connectivity index (χ0n) is 14.0. The second kappa shape index (κ2) is 15.0. The van der Waals surface area contributed by atoms with Crippen molar-refractivity contribution in [3.63, 3.8) is 0 Å². The van der Waals surface area contributed by atoms with Crippen LogP contribution in [0.5, 0.6) is 0 Å². The first-order valence-corrected chi connectivity index (χ1v) is 8.80. The number of hydrogen-bond acceptors (Lipinski definition) is 3. The Bertz CT molecular complexity index is 289. The summed E-state index contributed by atoms with van der Waals surface area (Å²) in [6, 6.07) is 0. The van der Waals surface area contributed by atoms with Gasteiger partial charge in [0, 0.05) is 6.42 Å². The number of hydrogen-bond donors (Lipinski definition) is 3. The normalized spacial score (nSPS) is 14.3. The summed E-state index contributed by atoms with van der Waals surface area (Å²) in [5, 5.41) is 28.0. The van der Waals surface area contributed by atoms with E-state index in [0.29, 0.717) is 25.7 Å². The fourth-order valence-electron chi connectivity index (χ4n) is 2.39. The molecule has 0 aliphatic carbocycles. The van der Waals surface area contributed by atoms with Crippen molar-refractivity contribution in [2.24, 2.45) is 0 Å². The highest BCUT2D eigenvalue weighted by Gasteiger charge is 2.08. The van der Waals surface area contributed by atoms with E-state index in [1.165, 1.54) is 38.5 Å². The molecule has 0 saturated heterocycles. The third-order valence-electron chi connectivity index (χ3n) is 3.81. The Morgan fingerprint density at radius 1 is 0.955 bits per heavy atom. The molecule has 22 heavy (non-hydrogen) atoms. The van der Waals surface area contributed by atoms with E-state index in [4.69, 9.17) is 5.11 Å². The predicted molar refractivity (Wildman–Crippen MR) is 89.9 cm³/mol. The number of allylic oxidation sites excluding steroid dienone is 1. The maximum Gasteiger partial charge on any atom is 0.303 e. The first-order chi connectivity index (χ1) is 10.6. The fraction of sp³-hybridized carbons (Fsp3) is 0.833.